The second-order valence-electron chi connectivity index (χ2n) is 5.22. The van der Waals surface area contributed by atoms with Crippen molar-refractivity contribution in [3.8, 4) is 6.07 Å². The van der Waals surface area contributed by atoms with Crippen LogP contribution < -0.4 is 16.2 Å². The van der Waals surface area contributed by atoms with Crippen LogP contribution in [0.2, 0.25) is 5.02 Å². The lowest BCUT2D eigenvalue weighted by Gasteiger charge is -2.10. The molecule has 2 amide bonds. The summed E-state index contributed by atoms with van der Waals surface area (Å²) in [6.07, 6.45) is 1.47. The topological polar surface area (TPSA) is 94.0 Å². The van der Waals surface area contributed by atoms with Crippen LogP contribution in [0.3, 0.4) is 0 Å². The number of anilines is 1. The van der Waals surface area contributed by atoms with Gasteiger partial charge in [-0.1, -0.05) is 36.7 Å². The van der Waals surface area contributed by atoms with Crippen LogP contribution in [0, 0.1) is 18.3 Å². The van der Waals surface area contributed by atoms with Gasteiger partial charge in [0.05, 0.1) is 10.6 Å². The molecule has 3 N–H and O–H groups in total. The van der Waals surface area contributed by atoms with E-state index in [0.29, 0.717) is 22.6 Å². The summed E-state index contributed by atoms with van der Waals surface area (Å²) in [5, 5.41) is 12.6. The molecule has 7 heteroatoms. The molecule has 0 aliphatic heterocycles. The summed E-state index contributed by atoms with van der Waals surface area (Å²) in [6.45, 7) is 4.94. The van der Waals surface area contributed by atoms with E-state index in [2.05, 4.69) is 29.2 Å². The molecule has 0 atom stereocenters. The van der Waals surface area contributed by atoms with E-state index >= 15 is 0 Å². The van der Waals surface area contributed by atoms with E-state index < -0.39 is 0 Å². The molecule has 136 valence electrons. The summed E-state index contributed by atoms with van der Waals surface area (Å²) in [4.78, 5) is 20.9. The van der Waals surface area contributed by atoms with Gasteiger partial charge in [-0.3, -0.25) is 20.4 Å². The van der Waals surface area contributed by atoms with Crippen LogP contribution in [-0.4, -0.2) is 18.9 Å². The molecule has 0 fully saturated rings. The summed E-state index contributed by atoms with van der Waals surface area (Å²) >= 11 is 6.01. The predicted octanol–water partition coefficient (Wildman–Crippen LogP) is 3.42. The van der Waals surface area contributed by atoms with E-state index in [9.17, 15) is 9.59 Å². The molecule has 26 heavy (non-hydrogen) atoms. The molecule has 0 heterocycles. The highest BCUT2D eigenvalue weighted by Gasteiger charge is 2.06. The zero-order valence-corrected chi connectivity index (χ0v) is 15.4. The third-order valence-corrected chi connectivity index (χ3v) is 3.84. The van der Waals surface area contributed by atoms with Gasteiger partial charge in [-0.05, 0) is 43.2 Å². The highest BCUT2D eigenvalue weighted by Crippen LogP contribution is 2.26. The lowest BCUT2D eigenvalue weighted by Crippen LogP contribution is -2.36. The number of hydrazine groups is 1. The Hall–Kier alpha value is -3.04. The maximum absolute atomic E-state index is 11.1. The van der Waals surface area contributed by atoms with E-state index in [1.807, 2.05) is 19.1 Å². The first-order valence-corrected chi connectivity index (χ1v) is 8.40. The Kier molecular flexibility index (Phi) is 9.29. The number of rotatable bonds is 6. The normalized spacial score (nSPS) is 9.15. The van der Waals surface area contributed by atoms with Crippen LogP contribution in [-0.2, 0) is 4.79 Å². The summed E-state index contributed by atoms with van der Waals surface area (Å²) in [5.41, 5.74) is 7.25. The first-order valence-electron chi connectivity index (χ1n) is 8.02. The number of halogens is 1. The molecule has 6 nitrogen and oxygen atoms in total. The van der Waals surface area contributed by atoms with Crippen molar-refractivity contribution in [2.45, 2.75) is 20.3 Å². The van der Waals surface area contributed by atoms with Crippen molar-refractivity contribution in [1.29, 1.82) is 5.26 Å². The summed E-state index contributed by atoms with van der Waals surface area (Å²) in [5.74, 6) is -0.331. The van der Waals surface area contributed by atoms with Crippen molar-refractivity contribution in [2.24, 2.45) is 0 Å². The highest BCUT2D eigenvalue weighted by molar-refractivity contribution is 6.32. The number of hydrogen-bond acceptors (Lipinski definition) is 4. The van der Waals surface area contributed by atoms with Crippen LogP contribution in [0.4, 0.5) is 5.69 Å². The summed E-state index contributed by atoms with van der Waals surface area (Å²) in [7, 11) is 0. The molecule has 0 bridgehead atoms. The minimum Gasteiger partial charge on any atom is -0.385 e. The Bertz CT molecular complexity index is 773. The second-order valence-corrected chi connectivity index (χ2v) is 5.60. The Labute approximate surface area is 158 Å². The second kappa shape index (κ2) is 11.5. The number of amides is 2. The fraction of sp³-hybridized carbons (Fsp3) is 0.211. The van der Waals surface area contributed by atoms with Crippen molar-refractivity contribution >= 4 is 29.6 Å². The standard InChI is InChI=1S/C11H13ClN2.C8H8N2O2/c1-3-6-14-10-5-4-9(7-13)11(12)8(10)2;11-6-9-10-8(12)7-4-2-1-3-5-7/h4-5,14H,3,6H2,1-2H3;1-6H,(H,9,11)(H,10,12). The average molecular weight is 373 g/mol. The molecule has 0 spiro atoms. The van der Waals surface area contributed by atoms with Crippen LogP contribution in [0.1, 0.15) is 34.8 Å². The lowest BCUT2D eigenvalue weighted by molar-refractivity contribution is -0.110. The zero-order chi connectivity index (χ0) is 19.4. The predicted molar refractivity (Wildman–Crippen MR) is 103 cm³/mol. The van der Waals surface area contributed by atoms with Gasteiger partial charge < -0.3 is 5.32 Å². The quantitative estimate of drug-likeness (QED) is 0.535. The van der Waals surface area contributed by atoms with E-state index in [4.69, 9.17) is 16.9 Å². The monoisotopic (exact) mass is 372 g/mol. The molecule has 2 aromatic carbocycles. The number of carbonyl (C=O) groups excluding carboxylic acids is 2. The van der Waals surface area contributed by atoms with Gasteiger partial charge in [-0.25, -0.2) is 0 Å². The van der Waals surface area contributed by atoms with Gasteiger partial charge in [0, 0.05) is 17.8 Å². The van der Waals surface area contributed by atoms with Crippen LogP contribution >= 0.6 is 11.6 Å². The lowest BCUT2D eigenvalue weighted by atomic mass is 10.1. The smallest absolute Gasteiger partial charge is 0.269 e. The van der Waals surface area contributed by atoms with E-state index in [-0.39, 0.29) is 5.91 Å². The SMILES string of the molecule is CCCNc1ccc(C#N)c(Cl)c1C.O=CNNC(=O)c1ccccc1. The molecule has 2 rings (SSSR count). The maximum atomic E-state index is 11.1. The Morgan fingerprint density at radius 2 is 1.92 bits per heavy atom. The number of nitriles is 1. The van der Waals surface area contributed by atoms with Crippen molar-refractivity contribution in [3.63, 3.8) is 0 Å². The van der Waals surface area contributed by atoms with Gasteiger partial charge in [0.15, 0.2) is 0 Å². The van der Waals surface area contributed by atoms with Gasteiger partial charge in [0.2, 0.25) is 6.41 Å². The van der Waals surface area contributed by atoms with Gasteiger partial charge >= 0.3 is 0 Å². The number of hydrogen-bond donors (Lipinski definition) is 3. The molecule has 0 aromatic heterocycles. The average Bonchev–Trinajstić information content (AvgIpc) is 2.68. The van der Waals surface area contributed by atoms with Crippen LogP contribution in [0.25, 0.3) is 0 Å². The van der Waals surface area contributed by atoms with Crippen molar-refractivity contribution < 1.29 is 9.59 Å². The molecule has 0 saturated heterocycles. The number of nitrogens with one attached hydrogen (secondary N) is 3. The molecule has 0 radical (unpaired) electrons. The molecule has 0 saturated carbocycles. The molecule has 0 aliphatic rings. The van der Waals surface area contributed by atoms with E-state index in [0.717, 1.165) is 24.2 Å². The van der Waals surface area contributed by atoms with Gasteiger partial charge in [-0.2, -0.15) is 5.26 Å². The fourth-order valence-corrected chi connectivity index (χ4v) is 2.19. The van der Waals surface area contributed by atoms with Crippen molar-refractivity contribution in [1.82, 2.24) is 10.9 Å². The maximum Gasteiger partial charge on any atom is 0.269 e. The fourth-order valence-electron chi connectivity index (χ4n) is 1.98. The van der Waals surface area contributed by atoms with Crippen LogP contribution in [0.15, 0.2) is 42.5 Å². The third-order valence-electron chi connectivity index (χ3n) is 3.35. The van der Waals surface area contributed by atoms with E-state index in [1.54, 1.807) is 30.3 Å². The third kappa shape index (κ3) is 6.46. The van der Waals surface area contributed by atoms with Crippen molar-refractivity contribution in [2.75, 3.05) is 11.9 Å². The van der Waals surface area contributed by atoms with E-state index in [1.165, 1.54) is 0 Å². The summed E-state index contributed by atoms with van der Waals surface area (Å²) < 4.78 is 0. The molecule has 2 aromatic rings. The Morgan fingerprint density at radius 3 is 2.50 bits per heavy atom. The van der Waals surface area contributed by atoms with Gasteiger partial charge in [0.1, 0.15) is 6.07 Å². The number of carbonyl (C=O) groups is 2. The number of nitrogens with zero attached hydrogens (tertiary/aromatic N) is 1. The van der Waals surface area contributed by atoms with Crippen molar-refractivity contribution in [3.05, 3.63) is 64.2 Å². The minimum absolute atomic E-state index is 0.331. The Balaban J connectivity index is 0.000000263. The highest BCUT2D eigenvalue weighted by atomic mass is 35.5. The minimum atomic E-state index is -0.331. The largest absolute Gasteiger partial charge is 0.385 e. The Morgan fingerprint density at radius 1 is 1.23 bits per heavy atom. The first kappa shape index (κ1) is 21.0. The van der Waals surface area contributed by atoms with Gasteiger partial charge in [-0.15, -0.1) is 0 Å². The molecule has 0 aliphatic carbocycles. The number of benzene rings is 2. The zero-order valence-electron chi connectivity index (χ0n) is 14.7. The first-order chi connectivity index (χ1) is 12.5. The molecule has 0 unspecified atom stereocenters. The van der Waals surface area contributed by atoms with Gasteiger partial charge in [0.25, 0.3) is 5.91 Å². The van der Waals surface area contributed by atoms with Crippen LogP contribution in [0.5, 0.6) is 0 Å². The summed E-state index contributed by atoms with van der Waals surface area (Å²) in [6, 6.07) is 14.3. The molecular formula is C19H21ClN4O2. The molecular weight excluding hydrogens is 352 g/mol.